The van der Waals surface area contributed by atoms with E-state index in [1.165, 1.54) is 0 Å². The fourth-order valence-corrected chi connectivity index (χ4v) is 1.59. The van der Waals surface area contributed by atoms with Crippen LogP contribution in [0.2, 0.25) is 5.02 Å². The molecule has 0 unspecified atom stereocenters. The normalized spacial score (nSPS) is 9.50. The van der Waals surface area contributed by atoms with Gasteiger partial charge in [0.25, 0.3) is 0 Å². The summed E-state index contributed by atoms with van der Waals surface area (Å²) >= 11 is 6.01. The lowest BCUT2D eigenvalue weighted by atomic mass is 10.2. The number of terminal acetylenes is 1. The van der Waals surface area contributed by atoms with Crippen molar-refractivity contribution < 1.29 is 9.90 Å². The van der Waals surface area contributed by atoms with Gasteiger partial charge in [0.05, 0.1) is 23.7 Å². The molecule has 0 heterocycles. The van der Waals surface area contributed by atoms with Gasteiger partial charge in [0.2, 0.25) is 0 Å². The average molecular weight is 238 g/mol. The van der Waals surface area contributed by atoms with E-state index >= 15 is 0 Å². The molecule has 0 amide bonds. The van der Waals surface area contributed by atoms with E-state index in [9.17, 15) is 4.79 Å². The van der Waals surface area contributed by atoms with Gasteiger partial charge >= 0.3 is 5.97 Å². The number of carboxylic acid groups (broad SMARTS) is 1. The van der Waals surface area contributed by atoms with Crippen molar-refractivity contribution in [3.63, 3.8) is 0 Å². The summed E-state index contributed by atoms with van der Waals surface area (Å²) in [5.74, 6) is 1.64. The molecule has 0 fully saturated rings. The quantitative estimate of drug-likeness (QED) is 0.799. The Labute approximate surface area is 99.6 Å². The Bertz CT molecular complexity index is 412. The number of aliphatic carboxylic acids is 1. The van der Waals surface area contributed by atoms with E-state index in [-0.39, 0.29) is 6.42 Å². The third-order valence-electron chi connectivity index (χ3n) is 2.07. The Balaban J connectivity index is 2.81. The van der Waals surface area contributed by atoms with Crippen LogP contribution in [0.5, 0.6) is 0 Å². The third kappa shape index (κ3) is 3.48. The first-order valence-corrected chi connectivity index (χ1v) is 5.17. The average Bonchev–Trinajstić information content (AvgIpc) is 2.25. The molecule has 0 spiro atoms. The van der Waals surface area contributed by atoms with Crippen molar-refractivity contribution in [1.29, 1.82) is 0 Å². The van der Waals surface area contributed by atoms with Crippen LogP contribution in [0.25, 0.3) is 0 Å². The van der Waals surface area contributed by atoms with Crippen molar-refractivity contribution in [2.75, 3.05) is 18.0 Å². The highest BCUT2D eigenvalue weighted by atomic mass is 35.5. The second-order valence-electron chi connectivity index (χ2n) is 3.22. The molecule has 1 rings (SSSR count). The SMILES string of the molecule is C#CCN(CCC(=O)O)c1ccccc1Cl. The fraction of sp³-hybridized carbons (Fsp3) is 0.250. The number of rotatable bonds is 5. The van der Waals surface area contributed by atoms with Gasteiger partial charge in [-0.3, -0.25) is 4.79 Å². The van der Waals surface area contributed by atoms with E-state index in [1.807, 2.05) is 18.2 Å². The first kappa shape index (κ1) is 12.4. The Hall–Kier alpha value is -1.66. The molecule has 0 bridgehead atoms. The van der Waals surface area contributed by atoms with Crippen LogP contribution in [-0.4, -0.2) is 24.2 Å². The highest BCUT2D eigenvalue weighted by Gasteiger charge is 2.10. The Morgan fingerprint density at radius 1 is 1.50 bits per heavy atom. The molecule has 0 saturated heterocycles. The van der Waals surface area contributed by atoms with E-state index < -0.39 is 5.97 Å². The molecule has 0 aliphatic rings. The van der Waals surface area contributed by atoms with Gasteiger partial charge in [-0.1, -0.05) is 29.7 Å². The summed E-state index contributed by atoms with van der Waals surface area (Å²) in [5.41, 5.74) is 0.767. The molecule has 0 aromatic heterocycles. The zero-order valence-corrected chi connectivity index (χ0v) is 9.44. The summed E-state index contributed by atoms with van der Waals surface area (Å²) in [6.45, 7) is 0.695. The van der Waals surface area contributed by atoms with Crippen molar-refractivity contribution in [3.05, 3.63) is 29.3 Å². The smallest absolute Gasteiger partial charge is 0.305 e. The van der Waals surface area contributed by atoms with Gasteiger partial charge in [0, 0.05) is 6.54 Å². The van der Waals surface area contributed by atoms with Crippen LogP contribution >= 0.6 is 11.6 Å². The van der Waals surface area contributed by atoms with Crippen LogP contribution < -0.4 is 4.90 Å². The largest absolute Gasteiger partial charge is 0.481 e. The van der Waals surface area contributed by atoms with Crippen LogP contribution in [0.15, 0.2) is 24.3 Å². The number of halogens is 1. The van der Waals surface area contributed by atoms with Gasteiger partial charge in [0.1, 0.15) is 0 Å². The number of hydrogen-bond acceptors (Lipinski definition) is 2. The standard InChI is InChI=1S/C12H12ClNO2/c1-2-8-14(9-7-12(15)16)11-6-4-3-5-10(11)13/h1,3-6H,7-9H2,(H,15,16). The van der Waals surface area contributed by atoms with Crippen molar-refractivity contribution in [2.45, 2.75) is 6.42 Å². The van der Waals surface area contributed by atoms with Crippen molar-refractivity contribution in [3.8, 4) is 12.3 Å². The minimum atomic E-state index is -0.853. The highest BCUT2D eigenvalue weighted by Crippen LogP contribution is 2.24. The maximum absolute atomic E-state index is 10.5. The Morgan fingerprint density at radius 3 is 2.75 bits per heavy atom. The van der Waals surface area contributed by atoms with Gasteiger partial charge < -0.3 is 10.0 Å². The number of hydrogen-bond donors (Lipinski definition) is 1. The van der Waals surface area contributed by atoms with E-state index in [0.29, 0.717) is 18.1 Å². The molecule has 0 atom stereocenters. The van der Waals surface area contributed by atoms with Gasteiger partial charge in [-0.25, -0.2) is 0 Å². The van der Waals surface area contributed by atoms with Gasteiger partial charge in [-0.05, 0) is 12.1 Å². The zero-order valence-electron chi connectivity index (χ0n) is 8.69. The van der Waals surface area contributed by atoms with E-state index in [0.717, 1.165) is 5.69 Å². The van der Waals surface area contributed by atoms with Crippen molar-refractivity contribution >= 4 is 23.3 Å². The molecule has 0 aliphatic carbocycles. The van der Waals surface area contributed by atoms with Gasteiger partial charge in [-0.15, -0.1) is 6.42 Å². The highest BCUT2D eigenvalue weighted by molar-refractivity contribution is 6.33. The third-order valence-corrected chi connectivity index (χ3v) is 2.39. The molecular weight excluding hydrogens is 226 g/mol. The second kappa shape index (κ2) is 6.04. The first-order chi connectivity index (χ1) is 7.65. The number of carboxylic acids is 1. The van der Waals surface area contributed by atoms with E-state index in [4.69, 9.17) is 23.1 Å². The summed E-state index contributed by atoms with van der Waals surface area (Å²) < 4.78 is 0. The van der Waals surface area contributed by atoms with Crippen LogP contribution in [0.4, 0.5) is 5.69 Å². The molecule has 0 radical (unpaired) electrons. The minimum absolute atomic E-state index is 0.0346. The Kier molecular flexibility index (Phi) is 4.68. The van der Waals surface area contributed by atoms with Crippen molar-refractivity contribution in [1.82, 2.24) is 0 Å². The molecule has 0 aliphatic heterocycles. The van der Waals surface area contributed by atoms with E-state index in [2.05, 4.69) is 5.92 Å². The molecule has 1 N–H and O–H groups in total. The molecule has 1 aromatic rings. The topological polar surface area (TPSA) is 40.5 Å². The lowest BCUT2D eigenvalue weighted by Crippen LogP contribution is -2.26. The summed E-state index contributed by atoms with van der Waals surface area (Å²) in [4.78, 5) is 12.3. The van der Waals surface area contributed by atoms with Gasteiger partial charge in [-0.2, -0.15) is 0 Å². The van der Waals surface area contributed by atoms with Crippen LogP contribution in [0.1, 0.15) is 6.42 Å². The maximum atomic E-state index is 10.5. The summed E-state index contributed by atoms with van der Waals surface area (Å²) in [5, 5.41) is 9.21. The number of para-hydroxylation sites is 1. The van der Waals surface area contributed by atoms with Crippen LogP contribution in [0, 0.1) is 12.3 Å². The molecule has 84 valence electrons. The van der Waals surface area contributed by atoms with Crippen LogP contribution in [0.3, 0.4) is 0 Å². The van der Waals surface area contributed by atoms with Gasteiger partial charge in [0.15, 0.2) is 0 Å². The first-order valence-electron chi connectivity index (χ1n) is 4.80. The number of anilines is 1. The summed E-state index contributed by atoms with van der Waals surface area (Å²) in [7, 11) is 0. The molecule has 3 nitrogen and oxygen atoms in total. The lowest BCUT2D eigenvalue weighted by Gasteiger charge is -2.22. The molecular formula is C12H12ClNO2. The fourth-order valence-electron chi connectivity index (χ4n) is 1.33. The Morgan fingerprint density at radius 2 is 2.19 bits per heavy atom. The lowest BCUT2D eigenvalue weighted by molar-refractivity contribution is -0.136. The molecule has 0 saturated carbocycles. The molecule has 4 heteroatoms. The monoisotopic (exact) mass is 237 g/mol. The minimum Gasteiger partial charge on any atom is -0.481 e. The summed E-state index contributed by atoms with van der Waals surface area (Å²) in [6.07, 6.45) is 5.28. The number of carbonyl (C=O) groups is 1. The maximum Gasteiger partial charge on any atom is 0.305 e. The zero-order chi connectivity index (χ0) is 12.0. The van der Waals surface area contributed by atoms with Crippen molar-refractivity contribution in [2.24, 2.45) is 0 Å². The predicted octanol–water partition coefficient (Wildman–Crippen LogP) is 2.25. The summed E-state index contributed by atoms with van der Waals surface area (Å²) in [6, 6.07) is 7.23. The van der Waals surface area contributed by atoms with Crippen LogP contribution in [-0.2, 0) is 4.79 Å². The van der Waals surface area contributed by atoms with E-state index in [1.54, 1.807) is 11.0 Å². The predicted molar refractivity (Wildman–Crippen MR) is 64.8 cm³/mol. The number of nitrogens with zero attached hydrogens (tertiary/aromatic N) is 1. The molecule has 16 heavy (non-hydrogen) atoms. The molecule has 1 aromatic carbocycles. The number of benzene rings is 1. The second-order valence-corrected chi connectivity index (χ2v) is 3.63.